The number of hydrogen-bond donors (Lipinski definition) is 1. The Hall–Kier alpha value is -1.57. The van der Waals surface area contributed by atoms with E-state index in [1.165, 1.54) is 0 Å². The van der Waals surface area contributed by atoms with Crippen LogP contribution in [0.15, 0.2) is 6.07 Å². The highest BCUT2D eigenvalue weighted by Gasteiger charge is 2.35. The second-order valence-electron chi connectivity index (χ2n) is 6.60. The number of rotatable bonds is 4. The predicted octanol–water partition coefficient (Wildman–Crippen LogP) is 3.09. The predicted molar refractivity (Wildman–Crippen MR) is 80.4 cm³/mol. The third kappa shape index (κ3) is 4.09. The number of likely N-dealkylation sites (tertiary alicyclic amines) is 1. The molecule has 1 saturated heterocycles. The van der Waals surface area contributed by atoms with Crippen LogP contribution in [0.5, 0.6) is 0 Å². The SMILES string of the molecule is O=C(COC1CCCC1)N1CCC[C@@H](c2cc(C(F)(F)F)n[nH]2)C1. The number of H-pyrrole nitrogens is 1. The molecule has 8 heteroatoms. The van der Waals surface area contributed by atoms with Crippen LogP contribution < -0.4 is 0 Å². The third-order valence-corrected chi connectivity index (χ3v) is 4.85. The molecule has 3 rings (SSSR count). The minimum absolute atomic E-state index is 0.0637. The van der Waals surface area contributed by atoms with Gasteiger partial charge in [0.15, 0.2) is 5.69 Å². The lowest BCUT2D eigenvalue weighted by Crippen LogP contribution is -2.41. The van der Waals surface area contributed by atoms with E-state index in [1.807, 2.05) is 0 Å². The van der Waals surface area contributed by atoms with Crippen molar-refractivity contribution in [3.63, 3.8) is 0 Å². The van der Waals surface area contributed by atoms with E-state index in [-0.39, 0.29) is 24.5 Å². The molecule has 1 amide bonds. The smallest absolute Gasteiger partial charge is 0.368 e. The molecule has 0 spiro atoms. The summed E-state index contributed by atoms with van der Waals surface area (Å²) in [5, 5.41) is 5.82. The van der Waals surface area contributed by atoms with Gasteiger partial charge in [-0.25, -0.2) is 0 Å². The minimum Gasteiger partial charge on any atom is -0.368 e. The lowest BCUT2D eigenvalue weighted by atomic mass is 9.94. The van der Waals surface area contributed by atoms with Crippen LogP contribution in [-0.2, 0) is 15.7 Å². The first-order chi connectivity index (χ1) is 11.4. The maximum Gasteiger partial charge on any atom is 0.435 e. The zero-order valence-corrected chi connectivity index (χ0v) is 13.4. The molecule has 2 aliphatic rings. The largest absolute Gasteiger partial charge is 0.435 e. The Kier molecular flexibility index (Phi) is 5.12. The Morgan fingerprint density at radius 1 is 1.29 bits per heavy atom. The van der Waals surface area contributed by atoms with Gasteiger partial charge in [0.25, 0.3) is 0 Å². The molecule has 0 bridgehead atoms. The molecular weight excluding hydrogens is 323 g/mol. The van der Waals surface area contributed by atoms with Crippen molar-refractivity contribution < 1.29 is 22.7 Å². The van der Waals surface area contributed by atoms with E-state index < -0.39 is 11.9 Å². The fourth-order valence-corrected chi connectivity index (χ4v) is 3.48. The summed E-state index contributed by atoms with van der Waals surface area (Å²) in [5.74, 6) is -0.222. The van der Waals surface area contributed by atoms with Crippen LogP contribution >= 0.6 is 0 Å². The van der Waals surface area contributed by atoms with Gasteiger partial charge in [0.05, 0.1) is 6.10 Å². The summed E-state index contributed by atoms with van der Waals surface area (Å²) in [4.78, 5) is 14.0. The van der Waals surface area contributed by atoms with Crippen molar-refractivity contribution in [1.29, 1.82) is 0 Å². The fourth-order valence-electron chi connectivity index (χ4n) is 3.48. The van der Waals surface area contributed by atoms with Gasteiger partial charge in [-0.05, 0) is 31.7 Å². The van der Waals surface area contributed by atoms with E-state index in [1.54, 1.807) is 4.90 Å². The lowest BCUT2D eigenvalue weighted by molar-refractivity contribution is -0.141. The van der Waals surface area contributed by atoms with E-state index in [4.69, 9.17) is 4.74 Å². The van der Waals surface area contributed by atoms with Crippen LogP contribution in [0.2, 0.25) is 0 Å². The van der Waals surface area contributed by atoms with Crippen LogP contribution in [-0.4, -0.2) is 46.8 Å². The van der Waals surface area contributed by atoms with Crippen LogP contribution in [0, 0.1) is 0 Å². The van der Waals surface area contributed by atoms with E-state index >= 15 is 0 Å². The molecule has 1 N–H and O–H groups in total. The number of halogens is 3. The highest BCUT2D eigenvalue weighted by molar-refractivity contribution is 5.77. The highest BCUT2D eigenvalue weighted by atomic mass is 19.4. The summed E-state index contributed by atoms with van der Waals surface area (Å²) in [6.07, 6.45) is 1.53. The number of carbonyl (C=O) groups excluding carboxylic acids is 1. The molecule has 1 atom stereocenters. The van der Waals surface area contributed by atoms with Gasteiger partial charge < -0.3 is 9.64 Å². The Balaban J connectivity index is 1.55. The standard InChI is InChI=1S/C16H22F3N3O2/c17-16(18,19)14-8-13(20-21-14)11-4-3-7-22(9-11)15(23)10-24-12-5-1-2-6-12/h8,11-12H,1-7,9-10H2,(H,20,21)/t11-/m1/s1. The second-order valence-corrected chi connectivity index (χ2v) is 6.60. The first-order valence-corrected chi connectivity index (χ1v) is 8.45. The number of piperidine rings is 1. The number of nitrogens with zero attached hydrogens (tertiary/aromatic N) is 2. The van der Waals surface area contributed by atoms with Gasteiger partial charge in [-0.2, -0.15) is 18.3 Å². The number of carbonyl (C=O) groups is 1. The summed E-state index contributed by atoms with van der Waals surface area (Å²) in [7, 11) is 0. The third-order valence-electron chi connectivity index (χ3n) is 4.85. The Morgan fingerprint density at radius 3 is 2.71 bits per heavy atom. The Morgan fingerprint density at radius 2 is 2.04 bits per heavy atom. The van der Waals surface area contributed by atoms with E-state index in [2.05, 4.69) is 10.2 Å². The van der Waals surface area contributed by atoms with Gasteiger partial charge in [-0.1, -0.05) is 12.8 Å². The topological polar surface area (TPSA) is 58.2 Å². The molecule has 24 heavy (non-hydrogen) atoms. The summed E-state index contributed by atoms with van der Waals surface area (Å²) >= 11 is 0. The highest BCUT2D eigenvalue weighted by Crippen LogP contribution is 2.32. The Bertz CT molecular complexity index is 567. The minimum atomic E-state index is -4.45. The van der Waals surface area contributed by atoms with Crippen molar-refractivity contribution in [2.45, 2.75) is 56.7 Å². The van der Waals surface area contributed by atoms with Gasteiger partial charge >= 0.3 is 6.18 Å². The van der Waals surface area contributed by atoms with Crippen molar-refractivity contribution in [2.75, 3.05) is 19.7 Å². The molecule has 0 aromatic carbocycles. The Labute approximate surface area is 138 Å². The van der Waals surface area contributed by atoms with Gasteiger partial charge in [-0.3, -0.25) is 9.89 Å². The maximum absolute atomic E-state index is 12.7. The lowest BCUT2D eigenvalue weighted by Gasteiger charge is -2.32. The number of nitrogens with one attached hydrogen (secondary N) is 1. The molecule has 0 radical (unpaired) electrons. The van der Waals surface area contributed by atoms with Crippen molar-refractivity contribution >= 4 is 5.91 Å². The summed E-state index contributed by atoms with van der Waals surface area (Å²) in [5.41, 5.74) is -0.470. The monoisotopic (exact) mass is 345 g/mol. The molecule has 0 unspecified atom stereocenters. The van der Waals surface area contributed by atoms with Gasteiger partial charge in [0.1, 0.15) is 6.61 Å². The maximum atomic E-state index is 12.7. The molecule has 1 aliphatic heterocycles. The number of aromatic nitrogens is 2. The van der Waals surface area contributed by atoms with Crippen molar-refractivity contribution in [3.8, 4) is 0 Å². The molecule has 5 nitrogen and oxygen atoms in total. The zero-order chi connectivity index (χ0) is 17.2. The summed E-state index contributed by atoms with van der Waals surface area (Å²) in [6, 6.07) is 1.05. The van der Waals surface area contributed by atoms with Crippen molar-refractivity contribution in [3.05, 3.63) is 17.5 Å². The molecule has 1 aliphatic carbocycles. The van der Waals surface area contributed by atoms with Gasteiger partial charge in [-0.15, -0.1) is 0 Å². The number of amides is 1. The second kappa shape index (κ2) is 7.13. The van der Waals surface area contributed by atoms with Gasteiger partial charge in [0, 0.05) is 24.7 Å². The van der Waals surface area contributed by atoms with Crippen LogP contribution in [0.25, 0.3) is 0 Å². The average Bonchev–Trinajstić information content (AvgIpc) is 3.23. The van der Waals surface area contributed by atoms with E-state index in [9.17, 15) is 18.0 Å². The van der Waals surface area contributed by atoms with Gasteiger partial charge in [0.2, 0.25) is 5.91 Å². The molecule has 1 aromatic heterocycles. The van der Waals surface area contributed by atoms with E-state index in [0.717, 1.165) is 44.6 Å². The van der Waals surface area contributed by atoms with Crippen LogP contribution in [0.4, 0.5) is 13.2 Å². The number of alkyl halides is 3. The zero-order valence-electron chi connectivity index (χ0n) is 13.4. The number of hydrogen-bond acceptors (Lipinski definition) is 3. The number of aromatic amines is 1. The molecule has 1 saturated carbocycles. The molecule has 134 valence electrons. The normalized spacial score (nSPS) is 23.0. The summed E-state index contributed by atoms with van der Waals surface area (Å²) < 4.78 is 43.6. The van der Waals surface area contributed by atoms with Crippen molar-refractivity contribution in [1.82, 2.24) is 15.1 Å². The molecular formula is C16H22F3N3O2. The van der Waals surface area contributed by atoms with Crippen LogP contribution in [0.1, 0.15) is 55.8 Å². The molecule has 2 fully saturated rings. The average molecular weight is 345 g/mol. The molecule has 2 heterocycles. The summed E-state index contributed by atoms with van der Waals surface area (Å²) in [6.45, 7) is 1.10. The number of ether oxygens (including phenoxy) is 1. The van der Waals surface area contributed by atoms with E-state index in [0.29, 0.717) is 18.8 Å². The van der Waals surface area contributed by atoms with Crippen LogP contribution in [0.3, 0.4) is 0 Å². The quantitative estimate of drug-likeness (QED) is 0.912. The first-order valence-electron chi connectivity index (χ1n) is 8.45. The first kappa shape index (κ1) is 17.3. The fraction of sp³-hybridized carbons (Fsp3) is 0.750. The molecule has 1 aromatic rings. The van der Waals surface area contributed by atoms with Crippen molar-refractivity contribution in [2.24, 2.45) is 0 Å².